The summed E-state index contributed by atoms with van der Waals surface area (Å²) in [6.45, 7) is 6.41. The number of carboxylic acids is 1. The molecule has 1 aliphatic heterocycles. The Labute approximate surface area is 188 Å². The van der Waals surface area contributed by atoms with E-state index < -0.39 is 17.0 Å². The van der Waals surface area contributed by atoms with Gasteiger partial charge in [-0.1, -0.05) is 19.4 Å². The number of carboxylic acid groups (broad SMARTS) is 1. The molecule has 32 heavy (non-hydrogen) atoms. The Morgan fingerprint density at radius 2 is 1.94 bits per heavy atom. The van der Waals surface area contributed by atoms with Crippen molar-refractivity contribution in [3.63, 3.8) is 0 Å². The summed E-state index contributed by atoms with van der Waals surface area (Å²) < 4.78 is 11.4. The number of ketones is 1. The molecule has 3 saturated carbocycles. The van der Waals surface area contributed by atoms with E-state index in [0.29, 0.717) is 19.4 Å². The van der Waals surface area contributed by atoms with Crippen LogP contribution in [0, 0.1) is 34.5 Å². The van der Waals surface area contributed by atoms with E-state index in [1.54, 1.807) is 13.0 Å². The number of hydrogen-bond donors (Lipinski definition) is 2. The number of aliphatic carboxylic acids is 1. The maximum atomic E-state index is 13.2. The summed E-state index contributed by atoms with van der Waals surface area (Å²) in [5, 5.41) is 20.9. The van der Waals surface area contributed by atoms with Gasteiger partial charge in [0.25, 0.3) is 0 Å². The van der Waals surface area contributed by atoms with Gasteiger partial charge in [0.15, 0.2) is 5.78 Å². The van der Waals surface area contributed by atoms with Crippen LogP contribution >= 0.6 is 0 Å². The minimum absolute atomic E-state index is 0.00749. The molecule has 1 heterocycles. The fourth-order valence-electron chi connectivity index (χ4n) is 8.26. The van der Waals surface area contributed by atoms with Gasteiger partial charge in [-0.05, 0) is 74.7 Å². The Morgan fingerprint density at radius 3 is 2.62 bits per heavy atom. The first-order chi connectivity index (χ1) is 15.1. The second kappa shape index (κ2) is 7.13. The van der Waals surface area contributed by atoms with Crippen LogP contribution in [0.15, 0.2) is 11.6 Å². The topological polar surface area (TPSA) is 113 Å². The number of fused-ring (bicyclic) bond motifs is 7. The van der Waals surface area contributed by atoms with Gasteiger partial charge in [-0.2, -0.15) is 0 Å². The van der Waals surface area contributed by atoms with Crippen LogP contribution in [0.4, 0.5) is 0 Å². The molecule has 0 aromatic carbocycles. The van der Waals surface area contributed by atoms with Crippen LogP contribution < -0.4 is 0 Å². The Hall–Kier alpha value is -1.73. The quantitative estimate of drug-likeness (QED) is 0.493. The lowest BCUT2D eigenvalue weighted by Gasteiger charge is -2.60. The second-order valence-electron chi connectivity index (χ2n) is 11.1. The molecule has 0 spiro atoms. The van der Waals surface area contributed by atoms with Crippen molar-refractivity contribution in [2.24, 2.45) is 34.5 Å². The zero-order valence-corrected chi connectivity index (χ0v) is 19.1. The van der Waals surface area contributed by atoms with Gasteiger partial charge in [-0.25, -0.2) is 0 Å². The van der Waals surface area contributed by atoms with E-state index in [1.165, 1.54) is 0 Å². The third-order valence-corrected chi connectivity index (χ3v) is 10.0. The first kappa shape index (κ1) is 22.1. The maximum Gasteiger partial charge on any atom is 0.309 e. The Morgan fingerprint density at radius 1 is 1.22 bits per heavy atom. The zero-order valence-electron chi connectivity index (χ0n) is 19.1. The van der Waals surface area contributed by atoms with E-state index in [9.17, 15) is 24.6 Å². The third kappa shape index (κ3) is 2.82. The number of epoxide rings is 1. The van der Waals surface area contributed by atoms with Crippen molar-refractivity contribution < 1.29 is 34.1 Å². The van der Waals surface area contributed by atoms with E-state index in [1.807, 2.05) is 0 Å². The lowest BCUT2D eigenvalue weighted by Crippen LogP contribution is -2.59. The molecule has 0 aromatic rings. The van der Waals surface area contributed by atoms with Crippen molar-refractivity contribution >= 4 is 17.7 Å². The van der Waals surface area contributed by atoms with Crippen molar-refractivity contribution in [2.75, 3.05) is 6.61 Å². The van der Waals surface area contributed by atoms with Gasteiger partial charge in [0, 0.05) is 11.8 Å². The highest BCUT2D eigenvalue weighted by molar-refractivity contribution is 5.98. The van der Waals surface area contributed by atoms with Gasteiger partial charge < -0.3 is 19.7 Å². The molecule has 5 aliphatic rings. The highest BCUT2D eigenvalue weighted by Gasteiger charge is 2.71. The van der Waals surface area contributed by atoms with Crippen molar-refractivity contribution in [2.45, 2.75) is 83.5 Å². The smallest absolute Gasteiger partial charge is 0.309 e. The average molecular weight is 447 g/mol. The summed E-state index contributed by atoms with van der Waals surface area (Å²) in [4.78, 5) is 36.9. The van der Waals surface area contributed by atoms with Crippen LogP contribution in [0.2, 0.25) is 0 Å². The molecular formula is C25H34O7. The average Bonchev–Trinajstić information content (AvgIpc) is 3.50. The summed E-state index contributed by atoms with van der Waals surface area (Å²) in [7, 11) is 0. The summed E-state index contributed by atoms with van der Waals surface area (Å²) in [6.07, 6.45) is 4.84. The molecule has 0 bridgehead atoms. The minimum Gasteiger partial charge on any atom is -0.481 e. The first-order valence-electron chi connectivity index (χ1n) is 12.1. The number of hydrogen-bond acceptors (Lipinski definition) is 6. The predicted octanol–water partition coefficient (Wildman–Crippen LogP) is 2.89. The first-order valence-corrected chi connectivity index (χ1v) is 12.1. The number of aliphatic hydroxyl groups is 1. The Balaban J connectivity index is 1.54. The van der Waals surface area contributed by atoms with E-state index in [4.69, 9.17) is 9.47 Å². The molecule has 4 aliphatic carbocycles. The molecule has 0 radical (unpaired) electrons. The minimum atomic E-state index is -1.04. The fourth-order valence-corrected chi connectivity index (χ4v) is 8.26. The van der Waals surface area contributed by atoms with E-state index >= 15 is 0 Å². The molecule has 7 heteroatoms. The monoisotopic (exact) mass is 446 g/mol. The third-order valence-electron chi connectivity index (χ3n) is 10.0. The number of carbonyl (C=O) groups is 3. The van der Waals surface area contributed by atoms with Gasteiger partial charge in [-0.3, -0.25) is 14.4 Å². The molecule has 0 amide bonds. The van der Waals surface area contributed by atoms with Crippen LogP contribution in [0.3, 0.4) is 0 Å². The van der Waals surface area contributed by atoms with Crippen molar-refractivity contribution in [1.29, 1.82) is 0 Å². The number of carbonyl (C=O) groups excluding carboxylic acids is 2. The van der Waals surface area contributed by atoms with E-state index in [0.717, 1.165) is 24.8 Å². The second-order valence-corrected chi connectivity index (χ2v) is 11.1. The summed E-state index contributed by atoms with van der Waals surface area (Å²) in [5.74, 6) is -1.18. The normalized spacial score (nSPS) is 48.6. The molecule has 9 atom stereocenters. The molecule has 0 aromatic heterocycles. The van der Waals surface area contributed by atoms with Crippen molar-refractivity contribution in [1.82, 2.24) is 0 Å². The van der Waals surface area contributed by atoms with Gasteiger partial charge in [0.05, 0.1) is 18.1 Å². The molecule has 2 unspecified atom stereocenters. The van der Waals surface area contributed by atoms with Crippen LogP contribution in [-0.2, 0) is 23.9 Å². The number of rotatable bonds is 5. The van der Waals surface area contributed by atoms with Gasteiger partial charge >= 0.3 is 11.9 Å². The largest absolute Gasteiger partial charge is 0.481 e. The van der Waals surface area contributed by atoms with Crippen LogP contribution in [0.1, 0.15) is 65.7 Å². The van der Waals surface area contributed by atoms with Crippen LogP contribution in [0.25, 0.3) is 0 Å². The Kier molecular flexibility index (Phi) is 4.92. The predicted molar refractivity (Wildman–Crippen MR) is 113 cm³/mol. The zero-order chi connectivity index (χ0) is 23.1. The molecule has 4 fully saturated rings. The van der Waals surface area contributed by atoms with Crippen LogP contribution in [0.5, 0.6) is 0 Å². The fraction of sp³-hybridized carbons (Fsp3) is 0.800. The van der Waals surface area contributed by atoms with E-state index in [-0.39, 0.29) is 65.9 Å². The Bertz CT molecular complexity index is 895. The highest BCUT2D eigenvalue weighted by atomic mass is 16.6. The highest BCUT2D eigenvalue weighted by Crippen LogP contribution is 2.70. The molecule has 5 rings (SSSR count). The maximum absolute atomic E-state index is 13.2. The molecule has 7 nitrogen and oxygen atoms in total. The molecule has 176 valence electrons. The lowest BCUT2D eigenvalue weighted by atomic mass is 9.44. The summed E-state index contributed by atoms with van der Waals surface area (Å²) >= 11 is 0. The van der Waals surface area contributed by atoms with Gasteiger partial charge in [0.2, 0.25) is 0 Å². The standard InChI is InChI=1S/C25H34O7/c1-4-31-22(29)14-11-13-12-17(26)20-21(32-20)24(13,3)16-5-8-23(2)15(19(14)16)6-9-25(23,30)10-7-18(27)28/h12,14-16,19-21,30H,4-11H2,1-3H3,(H,27,28)/t14-,15+,16+,19+,20?,21?,23+,24+,25-/m1/s1. The molecule has 1 saturated heterocycles. The molecule has 2 N–H and O–H groups in total. The van der Waals surface area contributed by atoms with E-state index in [2.05, 4.69) is 13.8 Å². The molecular weight excluding hydrogens is 412 g/mol. The van der Waals surface area contributed by atoms with Crippen molar-refractivity contribution in [3.05, 3.63) is 11.6 Å². The summed E-state index contributed by atoms with van der Waals surface area (Å²) in [6, 6.07) is 0. The van der Waals surface area contributed by atoms with Gasteiger partial charge in [0.1, 0.15) is 12.2 Å². The lowest BCUT2D eigenvalue weighted by molar-refractivity contribution is -0.171. The number of esters is 1. The summed E-state index contributed by atoms with van der Waals surface area (Å²) in [5.41, 5.74) is -0.753. The number of ether oxygens (including phenoxy) is 2. The SMILES string of the molecule is CCOC(=O)[C@@H]1CC2=CC(=O)C3OC3[C@]2(C)[C@H]2CC[C@@]3(C)[C@@H](CC[C@@]3(O)CCC(=O)O)[C@H]12. The van der Waals surface area contributed by atoms with Crippen molar-refractivity contribution in [3.8, 4) is 0 Å². The van der Waals surface area contributed by atoms with Gasteiger partial charge in [-0.15, -0.1) is 0 Å². The van der Waals surface area contributed by atoms with Crippen LogP contribution in [-0.4, -0.2) is 52.4 Å².